The van der Waals surface area contributed by atoms with Crippen LogP contribution in [0.2, 0.25) is 0 Å². The number of hydrogen-bond donors (Lipinski definition) is 0. The lowest BCUT2D eigenvalue weighted by molar-refractivity contribution is -0.207. The van der Waals surface area contributed by atoms with Gasteiger partial charge < -0.3 is 4.74 Å². The summed E-state index contributed by atoms with van der Waals surface area (Å²) in [7, 11) is 2.18. The number of carbonyl (C=O) groups excluding carboxylic acids is 1. The molecule has 2 aliphatic heterocycles. The highest BCUT2D eigenvalue weighted by molar-refractivity contribution is 5.87. The normalized spacial score (nSPS) is 29.6. The topological polar surface area (TPSA) is 29.5 Å². The Balaban J connectivity index is 1.54. The fraction of sp³-hybridized carbons (Fsp3) is 0.500. The summed E-state index contributed by atoms with van der Waals surface area (Å²) in [5.74, 6) is 1.09. The summed E-state index contributed by atoms with van der Waals surface area (Å²) < 4.78 is 6.66. The molecular formula is C26H31NO2. The van der Waals surface area contributed by atoms with Gasteiger partial charge in [-0.2, -0.15) is 0 Å². The molecule has 3 nitrogen and oxygen atoms in total. The van der Waals surface area contributed by atoms with Gasteiger partial charge in [0.2, 0.25) is 0 Å². The van der Waals surface area contributed by atoms with Gasteiger partial charge in [-0.15, -0.1) is 0 Å². The quantitative estimate of drug-likeness (QED) is 0.663. The molecule has 3 atom stereocenters. The molecule has 2 heterocycles. The van der Waals surface area contributed by atoms with Gasteiger partial charge in [-0.25, -0.2) is 0 Å². The average molecular weight is 390 g/mol. The molecular weight excluding hydrogens is 358 g/mol. The van der Waals surface area contributed by atoms with E-state index in [1.165, 1.54) is 25.7 Å². The lowest BCUT2D eigenvalue weighted by Gasteiger charge is -2.48. The Morgan fingerprint density at radius 2 is 1.52 bits per heavy atom. The van der Waals surface area contributed by atoms with Crippen molar-refractivity contribution in [3.63, 3.8) is 0 Å². The van der Waals surface area contributed by atoms with E-state index in [0.29, 0.717) is 12.0 Å². The van der Waals surface area contributed by atoms with E-state index in [9.17, 15) is 4.79 Å². The number of piperidine rings is 1. The Bertz CT molecular complexity index is 837. The summed E-state index contributed by atoms with van der Waals surface area (Å²) in [5, 5.41) is 0. The van der Waals surface area contributed by atoms with Gasteiger partial charge in [0.15, 0.2) is 5.72 Å². The van der Waals surface area contributed by atoms with Gasteiger partial charge >= 0.3 is 5.97 Å². The van der Waals surface area contributed by atoms with E-state index < -0.39 is 11.1 Å². The van der Waals surface area contributed by atoms with E-state index in [1.807, 2.05) is 67.6 Å². The Labute approximate surface area is 174 Å². The molecule has 1 saturated carbocycles. The number of benzene rings is 2. The summed E-state index contributed by atoms with van der Waals surface area (Å²) >= 11 is 0. The minimum atomic E-state index is -0.818. The number of fused-ring (bicyclic) bond motifs is 2. The Hall–Kier alpha value is -2.13. The number of hydrogen-bond acceptors (Lipinski definition) is 3. The maximum atomic E-state index is 14.0. The lowest BCUT2D eigenvalue weighted by atomic mass is 9.75. The van der Waals surface area contributed by atoms with Crippen LogP contribution in [0.1, 0.15) is 56.6 Å². The zero-order chi connectivity index (χ0) is 20.1. The minimum Gasteiger partial charge on any atom is -0.442 e. The number of rotatable bonds is 5. The smallest absolute Gasteiger partial charge is 0.322 e. The predicted molar refractivity (Wildman–Crippen MR) is 114 cm³/mol. The van der Waals surface area contributed by atoms with Crippen molar-refractivity contribution in [3.8, 4) is 0 Å². The van der Waals surface area contributed by atoms with Crippen molar-refractivity contribution < 1.29 is 9.53 Å². The molecule has 0 N–H and O–H groups in total. The fourth-order valence-corrected chi connectivity index (χ4v) is 5.94. The van der Waals surface area contributed by atoms with Crippen molar-refractivity contribution in [1.82, 2.24) is 4.90 Å². The first-order valence-corrected chi connectivity index (χ1v) is 11.1. The van der Waals surface area contributed by atoms with E-state index >= 15 is 0 Å². The lowest BCUT2D eigenvalue weighted by Crippen LogP contribution is -2.58. The van der Waals surface area contributed by atoms with Gasteiger partial charge in [0.25, 0.3) is 0 Å². The van der Waals surface area contributed by atoms with E-state index in [0.717, 1.165) is 29.9 Å². The molecule has 3 fully saturated rings. The van der Waals surface area contributed by atoms with Crippen molar-refractivity contribution in [2.75, 3.05) is 7.05 Å². The molecule has 2 bridgehead atoms. The van der Waals surface area contributed by atoms with Gasteiger partial charge in [0.1, 0.15) is 5.41 Å². The molecule has 2 saturated heterocycles. The first-order chi connectivity index (χ1) is 14.1. The molecule has 2 aromatic carbocycles. The number of ether oxygens (including phenoxy) is 1. The average Bonchev–Trinajstić information content (AvgIpc) is 3.57. The summed E-state index contributed by atoms with van der Waals surface area (Å²) in [6.45, 7) is 2.03. The SMILES string of the molecule is CN1[C@@H]2CCC(C3CC3)[C@@]1(OC(=O)C(C)(c1ccccc1)c1ccccc1)CC2. The van der Waals surface area contributed by atoms with Crippen molar-refractivity contribution in [3.05, 3.63) is 71.8 Å². The highest BCUT2D eigenvalue weighted by Crippen LogP contribution is 2.56. The van der Waals surface area contributed by atoms with E-state index in [-0.39, 0.29) is 5.97 Å². The fourth-order valence-electron chi connectivity index (χ4n) is 5.94. The van der Waals surface area contributed by atoms with Crippen LogP contribution in [0.5, 0.6) is 0 Å². The first kappa shape index (κ1) is 18.9. The highest BCUT2D eigenvalue weighted by Gasteiger charge is 2.60. The molecule has 0 spiro atoms. The second-order valence-corrected chi connectivity index (χ2v) is 9.42. The van der Waals surface area contributed by atoms with Crippen molar-refractivity contribution in [2.24, 2.45) is 11.8 Å². The second-order valence-electron chi connectivity index (χ2n) is 9.42. The van der Waals surface area contributed by atoms with Crippen LogP contribution < -0.4 is 0 Å². The maximum Gasteiger partial charge on any atom is 0.322 e. The number of nitrogens with zero attached hydrogens (tertiary/aromatic N) is 1. The predicted octanol–water partition coefficient (Wildman–Crippen LogP) is 5.15. The molecule has 0 aromatic heterocycles. The van der Waals surface area contributed by atoms with Crippen LogP contribution >= 0.6 is 0 Å². The van der Waals surface area contributed by atoms with E-state index in [1.54, 1.807) is 0 Å². The van der Waals surface area contributed by atoms with Crippen molar-refractivity contribution in [2.45, 2.75) is 62.6 Å². The van der Waals surface area contributed by atoms with Gasteiger partial charge in [-0.3, -0.25) is 9.69 Å². The van der Waals surface area contributed by atoms with Crippen LogP contribution in [-0.2, 0) is 14.9 Å². The first-order valence-electron chi connectivity index (χ1n) is 11.1. The standard InChI is InChI=1S/C26H31NO2/c1-25(20-9-5-3-6-10-20,21-11-7-4-8-12-21)24(28)29-26-18-17-22(27(26)2)15-16-23(26)19-13-14-19/h3-12,19,22-23H,13-18H2,1-2H3/t22-,23?,26+/m1/s1. The monoisotopic (exact) mass is 389 g/mol. The van der Waals surface area contributed by atoms with Crippen LogP contribution in [-0.4, -0.2) is 29.7 Å². The van der Waals surface area contributed by atoms with Crippen LogP contribution in [0.15, 0.2) is 60.7 Å². The number of carbonyl (C=O) groups is 1. The third-order valence-corrected chi connectivity index (χ3v) is 7.94. The zero-order valence-corrected chi connectivity index (χ0v) is 17.5. The third kappa shape index (κ3) is 2.93. The maximum absolute atomic E-state index is 14.0. The molecule has 1 unspecified atom stereocenters. The molecule has 3 heteroatoms. The van der Waals surface area contributed by atoms with Crippen molar-refractivity contribution >= 4 is 5.97 Å². The Kier molecular flexibility index (Phi) is 4.54. The molecule has 2 aromatic rings. The molecule has 152 valence electrons. The van der Waals surface area contributed by atoms with Gasteiger partial charge in [-0.05, 0) is 63.1 Å². The zero-order valence-electron chi connectivity index (χ0n) is 17.5. The van der Waals surface area contributed by atoms with Gasteiger partial charge in [0, 0.05) is 18.4 Å². The van der Waals surface area contributed by atoms with Crippen LogP contribution in [0, 0.1) is 11.8 Å². The van der Waals surface area contributed by atoms with E-state index in [2.05, 4.69) is 11.9 Å². The molecule has 1 aliphatic carbocycles. The molecule has 29 heavy (non-hydrogen) atoms. The van der Waals surface area contributed by atoms with E-state index in [4.69, 9.17) is 4.74 Å². The summed E-state index contributed by atoms with van der Waals surface area (Å²) in [4.78, 5) is 16.4. The number of esters is 1. The third-order valence-electron chi connectivity index (χ3n) is 7.94. The largest absolute Gasteiger partial charge is 0.442 e. The summed E-state index contributed by atoms with van der Waals surface area (Å²) in [6, 6.07) is 20.8. The summed E-state index contributed by atoms with van der Waals surface area (Å²) in [6.07, 6.45) is 7.13. The van der Waals surface area contributed by atoms with Crippen LogP contribution in [0.25, 0.3) is 0 Å². The summed E-state index contributed by atoms with van der Waals surface area (Å²) in [5.41, 5.74) is 0.737. The second kappa shape index (κ2) is 6.98. The highest BCUT2D eigenvalue weighted by atomic mass is 16.6. The minimum absolute atomic E-state index is 0.116. The van der Waals surface area contributed by atoms with Crippen LogP contribution in [0.3, 0.4) is 0 Å². The molecule has 5 rings (SSSR count). The molecule has 0 radical (unpaired) electrons. The molecule has 0 amide bonds. The van der Waals surface area contributed by atoms with Crippen LogP contribution in [0.4, 0.5) is 0 Å². The van der Waals surface area contributed by atoms with Crippen molar-refractivity contribution in [1.29, 1.82) is 0 Å². The van der Waals surface area contributed by atoms with Gasteiger partial charge in [0.05, 0.1) is 0 Å². The Morgan fingerprint density at radius 1 is 0.931 bits per heavy atom. The molecule has 3 aliphatic rings. The Morgan fingerprint density at radius 3 is 2.07 bits per heavy atom. The van der Waals surface area contributed by atoms with Gasteiger partial charge in [-0.1, -0.05) is 60.7 Å².